The fourth-order valence-corrected chi connectivity index (χ4v) is 5.42. The van der Waals surface area contributed by atoms with Gasteiger partial charge in [0.25, 0.3) is 5.91 Å². The van der Waals surface area contributed by atoms with E-state index in [9.17, 15) is 14.9 Å². The van der Waals surface area contributed by atoms with E-state index in [-0.39, 0.29) is 34.9 Å². The molecule has 1 atom stereocenters. The number of nitrogens with one attached hydrogen (secondary N) is 1. The van der Waals surface area contributed by atoms with Crippen LogP contribution in [0.4, 0.5) is 0 Å². The van der Waals surface area contributed by atoms with Gasteiger partial charge in [-0.05, 0) is 41.0 Å². The van der Waals surface area contributed by atoms with Gasteiger partial charge in [-0.3, -0.25) is 15.0 Å². The molecule has 1 aromatic heterocycles. The molecule has 2 heterocycles. The summed E-state index contributed by atoms with van der Waals surface area (Å²) in [6, 6.07) is 9.08. The van der Waals surface area contributed by atoms with Gasteiger partial charge in [0.05, 0.1) is 49.5 Å². The summed E-state index contributed by atoms with van der Waals surface area (Å²) in [6.45, 7) is 3.98. The number of rotatable bonds is 6. The highest BCUT2D eigenvalue weighted by molar-refractivity contribution is 7.12. The molecule has 2 aromatic rings. The summed E-state index contributed by atoms with van der Waals surface area (Å²) in [6.07, 6.45) is 0.761. The van der Waals surface area contributed by atoms with Gasteiger partial charge in [-0.2, -0.15) is 5.26 Å². The van der Waals surface area contributed by atoms with Crippen LogP contribution in [-0.4, -0.2) is 38.0 Å². The van der Waals surface area contributed by atoms with Crippen LogP contribution in [0.3, 0.4) is 0 Å². The number of hydrogen-bond donors (Lipinski definition) is 2. The number of nitrogens with two attached hydrogens (primary N) is 1. The van der Waals surface area contributed by atoms with Gasteiger partial charge in [-0.1, -0.05) is 19.9 Å². The van der Waals surface area contributed by atoms with Crippen LogP contribution in [0.5, 0.6) is 17.2 Å². The molecule has 10 heteroatoms. The Kier molecular flexibility index (Phi) is 6.69. The largest absolute Gasteiger partial charge is 0.493 e. The topological polar surface area (TPSA) is 127 Å². The molecule has 188 valence electrons. The molecule has 0 saturated heterocycles. The zero-order valence-electron chi connectivity index (χ0n) is 20.8. The number of carbonyl (C=O) groups is 2. The number of carbonyl (C=O) groups excluding carboxylic acids is 2. The highest BCUT2D eigenvalue weighted by Gasteiger charge is 2.45. The van der Waals surface area contributed by atoms with Gasteiger partial charge in [-0.15, -0.1) is 11.3 Å². The number of ether oxygens (including phenoxy) is 3. The lowest BCUT2D eigenvalue weighted by atomic mass is 9.69. The standard InChI is InChI=1S/C26H28N4O5S/c1-26(2)11-16-22(17(31)12-26)21(14-9-18(33-3)23(35-5)19(10-14)34-4)15(13-27)24(28)30(16)29-25(32)20-7-6-8-36-20/h6-10,21H,11-12,28H2,1-5H3,(H,29,32). The van der Waals surface area contributed by atoms with Crippen LogP contribution in [-0.2, 0) is 4.79 Å². The Balaban J connectivity index is 1.93. The summed E-state index contributed by atoms with van der Waals surface area (Å²) in [5.74, 6) is -0.0219. The lowest BCUT2D eigenvalue weighted by Gasteiger charge is -2.43. The molecule has 1 aliphatic heterocycles. The number of Topliss-reactive ketones (excluding diaryl/α,β-unsaturated/α-hetero) is 1. The Bertz CT molecular complexity index is 1300. The molecular weight excluding hydrogens is 480 g/mol. The van der Waals surface area contributed by atoms with Gasteiger partial charge >= 0.3 is 0 Å². The van der Waals surface area contributed by atoms with Gasteiger partial charge in [0.2, 0.25) is 5.75 Å². The molecule has 3 N–H and O–H groups in total. The maximum atomic E-state index is 13.6. The van der Waals surface area contributed by atoms with E-state index < -0.39 is 5.92 Å². The van der Waals surface area contributed by atoms with E-state index >= 15 is 0 Å². The monoisotopic (exact) mass is 508 g/mol. The minimum Gasteiger partial charge on any atom is -0.493 e. The summed E-state index contributed by atoms with van der Waals surface area (Å²) in [7, 11) is 4.50. The quantitative estimate of drug-likeness (QED) is 0.602. The molecule has 0 spiro atoms. The molecule has 0 radical (unpaired) electrons. The Morgan fingerprint density at radius 3 is 2.39 bits per heavy atom. The Hall–Kier alpha value is -3.97. The first-order chi connectivity index (χ1) is 17.1. The van der Waals surface area contributed by atoms with E-state index in [0.29, 0.717) is 45.4 Å². The lowest BCUT2D eigenvalue weighted by Crippen LogP contribution is -2.49. The van der Waals surface area contributed by atoms with E-state index in [4.69, 9.17) is 19.9 Å². The zero-order chi connectivity index (χ0) is 26.2. The van der Waals surface area contributed by atoms with Gasteiger partial charge in [0.15, 0.2) is 17.3 Å². The van der Waals surface area contributed by atoms with Crippen LogP contribution in [0.15, 0.2) is 52.3 Å². The van der Waals surface area contributed by atoms with E-state index in [0.717, 1.165) is 0 Å². The summed E-state index contributed by atoms with van der Waals surface area (Å²) in [5.41, 5.74) is 10.7. The maximum absolute atomic E-state index is 13.6. The average Bonchev–Trinajstić information content (AvgIpc) is 3.39. The number of nitriles is 1. The van der Waals surface area contributed by atoms with Crippen molar-refractivity contribution in [3.8, 4) is 23.3 Å². The van der Waals surface area contributed by atoms with Gasteiger partial charge in [0, 0.05) is 12.0 Å². The first-order valence-electron chi connectivity index (χ1n) is 11.3. The molecule has 1 amide bonds. The van der Waals surface area contributed by atoms with Crippen LogP contribution in [0.25, 0.3) is 0 Å². The van der Waals surface area contributed by atoms with Gasteiger partial charge < -0.3 is 19.9 Å². The molecule has 1 aromatic carbocycles. The summed E-state index contributed by atoms with van der Waals surface area (Å²) >= 11 is 1.28. The number of hydrogen-bond acceptors (Lipinski definition) is 9. The van der Waals surface area contributed by atoms with Crippen molar-refractivity contribution in [3.05, 3.63) is 62.8 Å². The predicted molar refractivity (Wildman–Crippen MR) is 134 cm³/mol. The Labute approximate surface area is 213 Å². The normalized spacial score (nSPS) is 18.9. The van der Waals surface area contributed by atoms with Crippen molar-refractivity contribution in [2.45, 2.75) is 32.6 Å². The summed E-state index contributed by atoms with van der Waals surface area (Å²) in [5, 5.41) is 13.4. The number of amides is 1. The average molecular weight is 509 g/mol. The van der Waals surface area contributed by atoms with Crippen LogP contribution in [0, 0.1) is 16.7 Å². The third-order valence-corrected chi connectivity index (χ3v) is 7.23. The van der Waals surface area contributed by atoms with E-state index in [1.807, 2.05) is 13.8 Å². The number of hydrazine groups is 1. The van der Waals surface area contributed by atoms with E-state index in [1.54, 1.807) is 29.6 Å². The Morgan fingerprint density at radius 1 is 1.19 bits per heavy atom. The van der Waals surface area contributed by atoms with Crippen molar-refractivity contribution in [2.24, 2.45) is 11.1 Å². The second kappa shape index (κ2) is 9.59. The number of nitrogens with zero attached hydrogens (tertiary/aromatic N) is 2. The predicted octanol–water partition coefficient (Wildman–Crippen LogP) is 3.86. The van der Waals surface area contributed by atoms with Crippen molar-refractivity contribution in [2.75, 3.05) is 21.3 Å². The van der Waals surface area contributed by atoms with Crippen molar-refractivity contribution >= 4 is 23.0 Å². The van der Waals surface area contributed by atoms with Crippen molar-refractivity contribution < 1.29 is 23.8 Å². The molecule has 9 nitrogen and oxygen atoms in total. The molecular formula is C26H28N4O5S. The van der Waals surface area contributed by atoms with Crippen LogP contribution >= 0.6 is 11.3 Å². The highest BCUT2D eigenvalue weighted by Crippen LogP contribution is 2.50. The van der Waals surface area contributed by atoms with Crippen LogP contribution in [0.1, 0.15) is 47.8 Å². The van der Waals surface area contributed by atoms with E-state index in [1.165, 1.54) is 37.7 Å². The molecule has 0 fully saturated rings. The van der Waals surface area contributed by atoms with Crippen molar-refractivity contribution in [1.82, 2.24) is 10.4 Å². The second-order valence-corrected chi connectivity index (χ2v) is 10.3. The molecule has 1 unspecified atom stereocenters. The third kappa shape index (κ3) is 4.27. The molecule has 2 aliphatic rings. The number of benzene rings is 1. The molecule has 36 heavy (non-hydrogen) atoms. The summed E-state index contributed by atoms with van der Waals surface area (Å²) in [4.78, 5) is 27.1. The minimum absolute atomic E-state index is 0.0606. The smallest absolute Gasteiger partial charge is 0.280 e. The zero-order valence-corrected chi connectivity index (χ0v) is 21.6. The van der Waals surface area contributed by atoms with E-state index in [2.05, 4.69) is 11.5 Å². The van der Waals surface area contributed by atoms with Gasteiger partial charge in [-0.25, -0.2) is 5.01 Å². The number of thiophene rings is 1. The molecule has 0 saturated carbocycles. The third-order valence-electron chi connectivity index (χ3n) is 6.36. The number of methoxy groups -OCH3 is 3. The van der Waals surface area contributed by atoms with Crippen LogP contribution < -0.4 is 25.4 Å². The van der Waals surface area contributed by atoms with Crippen LogP contribution in [0.2, 0.25) is 0 Å². The molecule has 4 rings (SSSR count). The first-order valence-corrected chi connectivity index (χ1v) is 12.1. The maximum Gasteiger partial charge on any atom is 0.280 e. The SMILES string of the molecule is COc1cc(C2C(C#N)=C(N)N(NC(=O)c3cccs3)C3=C2C(=O)CC(C)(C)C3)cc(OC)c1OC. The molecule has 0 bridgehead atoms. The minimum atomic E-state index is -0.766. The highest BCUT2D eigenvalue weighted by atomic mass is 32.1. The summed E-state index contributed by atoms with van der Waals surface area (Å²) < 4.78 is 16.5. The molecule has 1 aliphatic carbocycles. The lowest BCUT2D eigenvalue weighted by molar-refractivity contribution is -0.118. The fraction of sp³-hybridized carbons (Fsp3) is 0.346. The van der Waals surface area contributed by atoms with Crippen molar-refractivity contribution in [3.63, 3.8) is 0 Å². The van der Waals surface area contributed by atoms with Crippen molar-refractivity contribution in [1.29, 1.82) is 5.26 Å². The number of ketones is 1. The number of allylic oxidation sites excluding steroid dienone is 3. The fourth-order valence-electron chi connectivity index (χ4n) is 4.80. The van der Waals surface area contributed by atoms with Gasteiger partial charge in [0.1, 0.15) is 5.82 Å². The Morgan fingerprint density at radius 2 is 1.86 bits per heavy atom. The first kappa shape index (κ1) is 25.1. The second-order valence-electron chi connectivity index (χ2n) is 9.36.